The van der Waals surface area contributed by atoms with E-state index in [1.54, 1.807) is 25.2 Å². The summed E-state index contributed by atoms with van der Waals surface area (Å²) in [5.74, 6) is -1.77. The Bertz CT molecular complexity index is 869. The highest BCUT2D eigenvalue weighted by molar-refractivity contribution is 6.34. The normalized spacial score (nSPS) is 15.9. The van der Waals surface area contributed by atoms with Gasteiger partial charge in [-0.25, -0.2) is 8.78 Å². The van der Waals surface area contributed by atoms with Crippen molar-refractivity contribution in [1.82, 2.24) is 5.32 Å². The molecule has 2 N–H and O–H groups in total. The standard InChI is InChI=1S/C21H23ClF2N2O2/c1-26(19-8-5-14(23)11-18(19)24)15-6-7-17(22)16(12-15)20(27)25-13-21(28)9-3-2-4-10-21/h5-8,11-12,28H,2-4,9-10,13H2,1H3,(H,25,27). The summed E-state index contributed by atoms with van der Waals surface area (Å²) in [4.78, 5) is 14.1. The predicted octanol–water partition coefficient (Wildman–Crippen LogP) is 4.81. The summed E-state index contributed by atoms with van der Waals surface area (Å²) >= 11 is 6.18. The van der Waals surface area contributed by atoms with Crippen LogP contribution in [0.3, 0.4) is 0 Å². The van der Waals surface area contributed by atoms with Crippen molar-refractivity contribution in [3.05, 3.63) is 58.6 Å². The van der Waals surface area contributed by atoms with Crippen molar-refractivity contribution in [3.63, 3.8) is 0 Å². The summed E-state index contributed by atoms with van der Waals surface area (Å²) in [5, 5.41) is 13.6. The fourth-order valence-corrected chi connectivity index (χ4v) is 3.72. The van der Waals surface area contributed by atoms with E-state index in [1.165, 1.54) is 17.0 Å². The van der Waals surface area contributed by atoms with Gasteiger partial charge in [-0.15, -0.1) is 0 Å². The minimum atomic E-state index is -0.883. The third-order valence-corrected chi connectivity index (χ3v) is 5.54. The van der Waals surface area contributed by atoms with E-state index in [4.69, 9.17) is 11.6 Å². The van der Waals surface area contributed by atoms with Crippen molar-refractivity contribution < 1.29 is 18.7 Å². The first-order valence-corrected chi connectivity index (χ1v) is 9.66. The predicted molar refractivity (Wildman–Crippen MR) is 106 cm³/mol. The number of benzene rings is 2. The molecule has 0 atom stereocenters. The minimum Gasteiger partial charge on any atom is -0.388 e. The third kappa shape index (κ3) is 4.62. The molecule has 1 amide bonds. The zero-order valence-corrected chi connectivity index (χ0v) is 16.4. The molecule has 28 heavy (non-hydrogen) atoms. The lowest BCUT2D eigenvalue weighted by molar-refractivity contribution is 0.00526. The monoisotopic (exact) mass is 408 g/mol. The zero-order valence-electron chi connectivity index (χ0n) is 15.6. The smallest absolute Gasteiger partial charge is 0.252 e. The quantitative estimate of drug-likeness (QED) is 0.746. The molecule has 1 saturated carbocycles. The molecule has 0 unspecified atom stereocenters. The van der Waals surface area contributed by atoms with Crippen molar-refractivity contribution in [3.8, 4) is 0 Å². The number of nitrogens with zero attached hydrogens (tertiary/aromatic N) is 1. The Morgan fingerprint density at radius 2 is 1.89 bits per heavy atom. The van der Waals surface area contributed by atoms with E-state index in [0.29, 0.717) is 18.5 Å². The number of rotatable bonds is 5. The van der Waals surface area contributed by atoms with Crippen LogP contribution in [0.1, 0.15) is 42.5 Å². The summed E-state index contributed by atoms with van der Waals surface area (Å²) in [7, 11) is 1.62. The van der Waals surface area contributed by atoms with Crippen molar-refractivity contribution in [2.24, 2.45) is 0 Å². The van der Waals surface area contributed by atoms with Crippen molar-refractivity contribution in [2.45, 2.75) is 37.7 Å². The van der Waals surface area contributed by atoms with Crippen LogP contribution in [-0.2, 0) is 0 Å². The van der Waals surface area contributed by atoms with Crippen LogP contribution in [-0.4, -0.2) is 30.2 Å². The van der Waals surface area contributed by atoms with Crippen LogP contribution in [0.15, 0.2) is 36.4 Å². The maximum atomic E-state index is 14.1. The Balaban J connectivity index is 1.77. The first-order chi connectivity index (χ1) is 13.3. The van der Waals surface area contributed by atoms with E-state index in [1.807, 2.05) is 0 Å². The van der Waals surface area contributed by atoms with Crippen LogP contribution in [0.2, 0.25) is 5.02 Å². The average molecular weight is 409 g/mol. The molecule has 0 aliphatic heterocycles. The largest absolute Gasteiger partial charge is 0.388 e. The molecule has 2 aromatic carbocycles. The molecule has 0 radical (unpaired) electrons. The Morgan fingerprint density at radius 1 is 1.18 bits per heavy atom. The average Bonchev–Trinajstić information content (AvgIpc) is 2.67. The van der Waals surface area contributed by atoms with E-state index in [2.05, 4.69) is 5.32 Å². The molecule has 150 valence electrons. The maximum Gasteiger partial charge on any atom is 0.252 e. The Morgan fingerprint density at radius 3 is 2.57 bits per heavy atom. The van der Waals surface area contributed by atoms with E-state index in [-0.39, 0.29) is 22.8 Å². The van der Waals surface area contributed by atoms with Crippen LogP contribution in [0.25, 0.3) is 0 Å². The van der Waals surface area contributed by atoms with Crippen LogP contribution >= 0.6 is 11.6 Å². The molecular weight excluding hydrogens is 386 g/mol. The summed E-state index contributed by atoms with van der Waals surface area (Å²) in [5.41, 5.74) is 0.0439. The Hall–Kier alpha value is -2.18. The van der Waals surface area contributed by atoms with E-state index in [0.717, 1.165) is 25.3 Å². The van der Waals surface area contributed by atoms with Crippen molar-refractivity contribution in [1.29, 1.82) is 0 Å². The lowest BCUT2D eigenvalue weighted by Gasteiger charge is -2.32. The Kier molecular flexibility index (Phi) is 6.20. The van der Waals surface area contributed by atoms with E-state index < -0.39 is 23.1 Å². The summed E-state index contributed by atoms with van der Waals surface area (Å²) < 4.78 is 27.2. The molecular formula is C21H23ClF2N2O2. The molecule has 7 heteroatoms. The van der Waals surface area contributed by atoms with Gasteiger partial charge in [0.15, 0.2) is 0 Å². The maximum absolute atomic E-state index is 14.1. The Labute approximate surface area is 168 Å². The summed E-state index contributed by atoms with van der Waals surface area (Å²) in [6.07, 6.45) is 4.30. The van der Waals surface area contributed by atoms with Gasteiger partial charge in [-0.05, 0) is 43.2 Å². The van der Waals surface area contributed by atoms with Crippen LogP contribution in [0.4, 0.5) is 20.2 Å². The number of halogens is 3. The van der Waals surface area contributed by atoms with Crippen molar-refractivity contribution >= 4 is 28.9 Å². The third-order valence-electron chi connectivity index (χ3n) is 5.22. The van der Waals surface area contributed by atoms with Gasteiger partial charge in [-0.3, -0.25) is 4.79 Å². The van der Waals surface area contributed by atoms with Crippen molar-refractivity contribution in [2.75, 3.05) is 18.5 Å². The number of carbonyl (C=O) groups excluding carboxylic acids is 1. The topological polar surface area (TPSA) is 52.6 Å². The molecule has 2 aromatic rings. The number of aliphatic hydroxyl groups is 1. The molecule has 0 bridgehead atoms. The second-order valence-electron chi connectivity index (χ2n) is 7.29. The van der Waals surface area contributed by atoms with Gasteiger partial charge in [-0.2, -0.15) is 0 Å². The van der Waals surface area contributed by atoms with Gasteiger partial charge < -0.3 is 15.3 Å². The SMILES string of the molecule is CN(c1ccc(Cl)c(C(=O)NCC2(O)CCCCC2)c1)c1ccc(F)cc1F. The van der Waals surface area contributed by atoms with Gasteiger partial charge in [0.2, 0.25) is 0 Å². The molecule has 0 spiro atoms. The first kappa shape index (κ1) is 20.6. The number of hydrogen-bond acceptors (Lipinski definition) is 3. The lowest BCUT2D eigenvalue weighted by atomic mass is 9.85. The van der Waals surface area contributed by atoms with E-state index in [9.17, 15) is 18.7 Å². The van der Waals surface area contributed by atoms with Gasteiger partial charge >= 0.3 is 0 Å². The number of amides is 1. The zero-order chi connectivity index (χ0) is 20.3. The molecule has 1 fully saturated rings. The van der Waals surface area contributed by atoms with Gasteiger partial charge in [0.05, 0.1) is 21.9 Å². The van der Waals surface area contributed by atoms with Crippen LogP contribution < -0.4 is 10.2 Å². The minimum absolute atomic E-state index is 0.162. The highest BCUT2D eigenvalue weighted by Gasteiger charge is 2.29. The highest BCUT2D eigenvalue weighted by atomic mass is 35.5. The molecule has 0 aromatic heterocycles. The molecule has 4 nitrogen and oxygen atoms in total. The number of carbonyl (C=O) groups is 1. The summed E-state index contributed by atoms with van der Waals surface area (Å²) in [6, 6.07) is 8.06. The van der Waals surface area contributed by atoms with Gasteiger partial charge in [-0.1, -0.05) is 30.9 Å². The molecule has 1 aliphatic carbocycles. The summed E-state index contributed by atoms with van der Waals surface area (Å²) in [6.45, 7) is 0.162. The highest BCUT2D eigenvalue weighted by Crippen LogP contribution is 2.30. The van der Waals surface area contributed by atoms with Crippen LogP contribution in [0.5, 0.6) is 0 Å². The number of anilines is 2. The fraction of sp³-hybridized carbons (Fsp3) is 0.381. The fourth-order valence-electron chi connectivity index (χ4n) is 3.51. The lowest BCUT2D eigenvalue weighted by Crippen LogP contribution is -2.44. The molecule has 3 rings (SSSR count). The van der Waals surface area contributed by atoms with Gasteiger partial charge in [0.25, 0.3) is 5.91 Å². The second kappa shape index (κ2) is 8.45. The van der Waals surface area contributed by atoms with Crippen LogP contribution in [0, 0.1) is 11.6 Å². The number of hydrogen-bond donors (Lipinski definition) is 2. The van der Waals surface area contributed by atoms with Gasteiger partial charge in [0, 0.05) is 25.3 Å². The molecule has 0 heterocycles. The van der Waals surface area contributed by atoms with Gasteiger partial charge in [0.1, 0.15) is 11.6 Å². The first-order valence-electron chi connectivity index (χ1n) is 9.28. The molecule has 0 saturated heterocycles. The van der Waals surface area contributed by atoms with E-state index >= 15 is 0 Å². The number of nitrogens with one attached hydrogen (secondary N) is 1. The molecule has 1 aliphatic rings. The second-order valence-corrected chi connectivity index (χ2v) is 7.69.